The number of rotatable bonds is 5. The molecular formula is C19H20N2O7S. The number of anilines is 1. The van der Waals surface area contributed by atoms with E-state index in [1.165, 1.54) is 19.2 Å². The number of nitrogens with zero attached hydrogens (tertiary/aromatic N) is 1. The normalized spacial score (nSPS) is 17.1. The first-order chi connectivity index (χ1) is 13.8. The summed E-state index contributed by atoms with van der Waals surface area (Å²) in [6.45, 7) is 0. The summed E-state index contributed by atoms with van der Waals surface area (Å²) < 4.78 is 44.8. The molecule has 0 amide bonds. The first-order valence-electron chi connectivity index (χ1n) is 9.19. The summed E-state index contributed by atoms with van der Waals surface area (Å²) in [7, 11) is -2.77. The lowest BCUT2D eigenvalue weighted by Gasteiger charge is -2.31. The van der Waals surface area contributed by atoms with Crippen molar-refractivity contribution < 1.29 is 27.6 Å². The third-order valence-corrected chi connectivity index (χ3v) is 6.44. The summed E-state index contributed by atoms with van der Waals surface area (Å²) in [5, 5.41) is 11.2. The monoisotopic (exact) mass is 420 g/mol. The van der Waals surface area contributed by atoms with Crippen LogP contribution in [0.2, 0.25) is 0 Å². The molecule has 0 atom stereocenters. The largest absolute Gasteiger partial charge is 0.490 e. The van der Waals surface area contributed by atoms with Crippen LogP contribution in [-0.2, 0) is 10.0 Å². The van der Waals surface area contributed by atoms with Crippen molar-refractivity contribution in [2.45, 2.75) is 42.8 Å². The van der Waals surface area contributed by atoms with E-state index in [0.717, 1.165) is 38.2 Å². The summed E-state index contributed by atoms with van der Waals surface area (Å²) in [4.78, 5) is 10.2. The van der Waals surface area contributed by atoms with Gasteiger partial charge in [-0.15, -0.1) is 0 Å². The van der Waals surface area contributed by atoms with Crippen LogP contribution < -0.4 is 18.9 Å². The van der Waals surface area contributed by atoms with Gasteiger partial charge in [0.25, 0.3) is 15.8 Å². The number of methoxy groups -OCH3 is 1. The molecule has 1 aliphatic carbocycles. The molecule has 154 valence electrons. The highest BCUT2D eigenvalue weighted by Gasteiger charge is 2.42. The molecule has 2 aliphatic rings. The Morgan fingerprint density at radius 3 is 2.48 bits per heavy atom. The van der Waals surface area contributed by atoms with Gasteiger partial charge >= 0.3 is 5.69 Å². The van der Waals surface area contributed by atoms with E-state index >= 15 is 0 Å². The zero-order chi connectivity index (χ0) is 20.6. The lowest BCUT2D eigenvalue weighted by molar-refractivity contribution is -0.386. The molecule has 2 aromatic rings. The molecule has 0 unspecified atom stereocenters. The van der Waals surface area contributed by atoms with Gasteiger partial charge in [-0.25, -0.2) is 8.42 Å². The van der Waals surface area contributed by atoms with Gasteiger partial charge in [-0.05, 0) is 37.1 Å². The number of nitrogens with one attached hydrogen (secondary N) is 1. The molecule has 4 rings (SSSR count). The van der Waals surface area contributed by atoms with E-state index < -0.39 is 26.4 Å². The van der Waals surface area contributed by atoms with Crippen LogP contribution in [0.25, 0.3) is 0 Å². The standard InChI is InChI=1S/C19H20N2O7S/c1-26-16-8-6-14(12-15(16)21(22)23)29(24,25)20-13-5-7-17-18(11-13)28-19(27-17)9-3-2-4-10-19/h5-8,11-12,20H,2-4,9-10H2,1H3. The molecular weight excluding hydrogens is 400 g/mol. The summed E-state index contributed by atoms with van der Waals surface area (Å²) >= 11 is 0. The maximum atomic E-state index is 12.7. The molecule has 1 saturated carbocycles. The number of nitro benzene ring substituents is 1. The maximum absolute atomic E-state index is 12.7. The van der Waals surface area contributed by atoms with E-state index in [1.807, 2.05) is 0 Å². The maximum Gasteiger partial charge on any atom is 0.312 e. The number of fused-ring (bicyclic) bond motifs is 1. The van der Waals surface area contributed by atoms with Crippen molar-refractivity contribution in [3.05, 3.63) is 46.5 Å². The number of hydrogen-bond acceptors (Lipinski definition) is 7. The van der Waals surface area contributed by atoms with Crippen molar-refractivity contribution in [2.75, 3.05) is 11.8 Å². The lowest BCUT2D eigenvalue weighted by Crippen LogP contribution is -2.40. The van der Waals surface area contributed by atoms with Gasteiger partial charge in [-0.2, -0.15) is 0 Å². The van der Waals surface area contributed by atoms with Crippen molar-refractivity contribution >= 4 is 21.4 Å². The summed E-state index contributed by atoms with van der Waals surface area (Å²) in [6.07, 6.45) is 4.76. The number of hydrogen-bond donors (Lipinski definition) is 1. The van der Waals surface area contributed by atoms with Crippen LogP contribution in [0, 0.1) is 10.1 Å². The Kier molecular flexibility index (Phi) is 4.73. The fourth-order valence-electron chi connectivity index (χ4n) is 3.65. The van der Waals surface area contributed by atoms with E-state index in [1.54, 1.807) is 18.2 Å². The second kappa shape index (κ2) is 7.11. The number of ether oxygens (including phenoxy) is 3. The third-order valence-electron chi connectivity index (χ3n) is 5.06. The van der Waals surface area contributed by atoms with Crippen molar-refractivity contribution in [3.8, 4) is 17.2 Å². The predicted octanol–water partition coefficient (Wildman–Crippen LogP) is 3.84. The highest BCUT2D eigenvalue weighted by molar-refractivity contribution is 7.92. The average molecular weight is 420 g/mol. The van der Waals surface area contributed by atoms with Gasteiger partial charge in [0.05, 0.1) is 22.6 Å². The topological polar surface area (TPSA) is 117 Å². The van der Waals surface area contributed by atoms with E-state index in [9.17, 15) is 18.5 Å². The van der Waals surface area contributed by atoms with Crippen molar-refractivity contribution in [3.63, 3.8) is 0 Å². The van der Waals surface area contributed by atoms with E-state index in [0.29, 0.717) is 11.5 Å². The van der Waals surface area contributed by atoms with Crippen LogP contribution in [-0.4, -0.2) is 26.2 Å². The van der Waals surface area contributed by atoms with Crippen LogP contribution in [0.4, 0.5) is 11.4 Å². The van der Waals surface area contributed by atoms with Gasteiger partial charge in [0.1, 0.15) is 0 Å². The van der Waals surface area contributed by atoms with Crippen LogP contribution >= 0.6 is 0 Å². The van der Waals surface area contributed by atoms with E-state index in [-0.39, 0.29) is 16.3 Å². The fourth-order valence-corrected chi connectivity index (χ4v) is 4.71. The Balaban J connectivity index is 1.58. The number of sulfonamides is 1. The first kappa shape index (κ1) is 19.3. The van der Waals surface area contributed by atoms with Gasteiger partial charge in [0.2, 0.25) is 0 Å². The SMILES string of the molecule is COc1ccc(S(=O)(=O)Nc2ccc3c(c2)OC2(CCCCC2)O3)cc1[N+](=O)[O-]. The Morgan fingerprint density at radius 2 is 1.79 bits per heavy atom. The molecule has 1 N–H and O–H groups in total. The molecule has 9 nitrogen and oxygen atoms in total. The molecule has 1 aliphatic heterocycles. The van der Waals surface area contributed by atoms with Crippen LogP contribution in [0.15, 0.2) is 41.3 Å². The molecule has 10 heteroatoms. The van der Waals surface area contributed by atoms with Gasteiger partial charge in [0.15, 0.2) is 17.2 Å². The smallest absolute Gasteiger partial charge is 0.312 e. The number of benzene rings is 2. The van der Waals surface area contributed by atoms with Crippen LogP contribution in [0.1, 0.15) is 32.1 Å². The molecule has 2 aromatic carbocycles. The minimum Gasteiger partial charge on any atom is -0.490 e. The highest BCUT2D eigenvalue weighted by atomic mass is 32.2. The zero-order valence-corrected chi connectivity index (χ0v) is 16.5. The summed E-state index contributed by atoms with van der Waals surface area (Å²) in [6, 6.07) is 8.25. The Bertz CT molecular complexity index is 1060. The van der Waals surface area contributed by atoms with Crippen molar-refractivity contribution in [2.24, 2.45) is 0 Å². The minimum atomic E-state index is -4.05. The molecule has 1 heterocycles. The highest BCUT2D eigenvalue weighted by Crippen LogP contribution is 2.46. The van der Waals surface area contributed by atoms with Gasteiger partial charge < -0.3 is 14.2 Å². The molecule has 0 bridgehead atoms. The molecule has 0 radical (unpaired) electrons. The number of nitro groups is 1. The average Bonchev–Trinajstić information content (AvgIpc) is 3.04. The minimum absolute atomic E-state index is 0.0187. The van der Waals surface area contributed by atoms with Gasteiger partial charge in [-0.1, -0.05) is 6.42 Å². The first-order valence-corrected chi connectivity index (χ1v) is 10.7. The van der Waals surface area contributed by atoms with Crippen molar-refractivity contribution in [1.29, 1.82) is 0 Å². The Labute approximate surface area is 167 Å². The van der Waals surface area contributed by atoms with Crippen LogP contribution in [0.5, 0.6) is 17.2 Å². The Morgan fingerprint density at radius 1 is 1.07 bits per heavy atom. The molecule has 1 spiro atoms. The van der Waals surface area contributed by atoms with Crippen LogP contribution in [0.3, 0.4) is 0 Å². The molecule has 0 aromatic heterocycles. The van der Waals surface area contributed by atoms with Gasteiger partial charge in [-0.3, -0.25) is 14.8 Å². The quantitative estimate of drug-likeness (QED) is 0.577. The molecule has 1 fully saturated rings. The predicted molar refractivity (Wildman–Crippen MR) is 104 cm³/mol. The molecule has 0 saturated heterocycles. The van der Waals surface area contributed by atoms with E-state index in [2.05, 4.69) is 4.72 Å². The Hall–Kier alpha value is -3.01. The van der Waals surface area contributed by atoms with Gasteiger partial charge in [0, 0.05) is 25.0 Å². The zero-order valence-electron chi connectivity index (χ0n) is 15.7. The fraction of sp³-hybridized carbons (Fsp3) is 0.368. The van der Waals surface area contributed by atoms with E-state index in [4.69, 9.17) is 14.2 Å². The second-order valence-electron chi connectivity index (χ2n) is 7.03. The van der Waals surface area contributed by atoms with Crippen molar-refractivity contribution in [1.82, 2.24) is 0 Å². The second-order valence-corrected chi connectivity index (χ2v) is 8.72. The summed E-state index contributed by atoms with van der Waals surface area (Å²) in [5.41, 5.74) is -0.154. The third kappa shape index (κ3) is 3.67. The summed E-state index contributed by atoms with van der Waals surface area (Å²) in [5.74, 6) is 0.381. The lowest BCUT2D eigenvalue weighted by atomic mass is 9.94. The molecule has 29 heavy (non-hydrogen) atoms.